The van der Waals surface area contributed by atoms with Gasteiger partial charge in [-0.1, -0.05) is 32.0 Å². The summed E-state index contributed by atoms with van der Waals surface area (Å²) >= 11 is 0. The first kappa shape index (κ1) is 24.1. The highest BCUT2D eigenvalue weighted by atomic mass is 127. The molecule has 2 N–H and O–H groups in total. The van der Waals surface area contributed by atoms with Gasteiger partial charge in [-0.25, -0.2) is 4.39 Å². The van der Waals surface area contributed by atoms with E-state index >= 15 is 0 Å². The van der Waals surface area contributed by atoms with E-state index in [4.69, 9.17) is 4.52 Å². The van der Waals surface area contributed by atoms with Gasteiger partial charge in [0.05, 0.1) is 12.1 Å². The zero-order valence-electron chi connectivity index (χ0n) is 15.8. The highest BCUT2D eigenvalue weighted by Gasteiger charge is 2.33. The molecule has 0 aliphatic heterocycles. The van der Waals surface area contributed by atoms with Gasteiger partial charge in [-0.2, -0.15) is 18.2 Å². The Labute approximate surface area is 177 Å². The minimum atomic E-state index is -4.65. The third kappa shape index (κ3) is 6.60. The normalized spacial score (nSPS) is 12.5. The summed E-state index contributed by atoms with van der Waals surface area (Å²) in [5.74, 6) is 0.166. The summed E-state index contributed by atoms with van der Waals surface area (Å²) in [7, 11) is 1.47. The number of hydrogen-bond acceptors (Lipinski definition) is 4. The molecule has 0 radical (unpaired) electrons. The predicted molar refractivity (Wildman–Crippen MR) is 107 cm³/mol. The molecule has 0 aliphatic carbocycles. The number of aromatic nitrogens is 2. The number of guanidine groups is 1. The molecule has 0 saturated heterocycles. The molecule has 28 heavy (non-hydrogen) atoms. The molecule has 156 valence electrons. The second kappa shape index (κ2) is 9.52. The molecule has 0 fully saturated rings. The number of nitrogens with one attached hydrogen (secondary N) is 2. The Hall–Kier alpha value is -1.92. The van der Waals surface area contributed by atoms with Gasteiger partial charge in [0.25, 0.3) is 0 Å². The van der Waals surface area contributed by atoms with E-state index in [-0.39, 0.29) is 54.0 Å². The SMILES string of the molecule is CN=C(NCc1noc(C(C)(C)C)n1)NCc1ccc(F)cc1C(F)(F)F.I. The zero-order valence-corrected chi connectivity index (χ0v) is 18.1. The smallest absolute Gasteiger partial charge is 0.352 e. The van der Waals surface area contributed by atoms with Crippen LogP contribution in [0.15, 0.2) is 27.7 Å². The van der Waals surface area contributed by atoms with Crippen LogP contribution in [0.5, 0.6) is 0 Å². The van der Waals surface area contributed by atoms with E-state index in [2.05, 4.69) is 25.8 Å². The van der Waals surface area contributed by atoms with Crippen LogP contribution in [-0.2, 0) is 24.7 Å². The van der Waals surface area contributed by atoms with Gasteiger partial charge in [-0.05, 0) is 17.7 Å². The van der Waals surface area contributed by atoms with Gasteiger partial charge < -0.3 is 15.2 Å². The number of benzene rings is 1. The van der Waals surface area contributed by atoms with E-state index in [1.807, 2.05) is 20.8 Å². The highest BCUT2D eigenvalue weighted by molar-refractivity contribution is 14.0. The lowest BCUT2D eigenvalue weighted by Gasteiger charge is -2.15. The standard InChI is InChI=1S/C17H21F4N5O.HI/c1-16(2,3)14-25-13(26-27-14)9-24-15(22-4)23-8-10-5-6-11(18)7-12(10)17(19,20)21;/h5-7H,8-9H2,1-4H3,(H2,22,23,24);1H. The lowest BCUT2D eigenvalue weighted by Crippen LogP contribution is -2.37. The lowest BCUT2D eigenvalue weighted by atomic mass is 9.97. The van der Waals surface area contributed by atoms with Gasteiger partial charge in [-0.3, -0.25) is 4.99 Å². The molecule has 0 bridgehead atoms. The molecule has 2 rings (SSSR count). The molecule has 0 atom stereocenters. The highest BCUT2D eigenvalue weighted by Crippen LogP contribution is 2.32. The van der Waals surface area contributed by atoms with Crippen molar-refractivity contribution in [3.8, 4) is 0 Å². The van der Waals surface area contributed by atoms with Crippen LogP contribution in [0.3, 0.4) is 0 Å². The fraction of sp³-hybridized carbons (Fsp3) is 0.471. The molecule has 1 aromatic heterocycles. The molecule has 6 nitrogen and oxygen atoms in total. The maximum atomic E-state index is 13.2. The molecule has 0 saturated carbocycles. The van der Waals surface area contributed by atoms with Gasteiger partial charge in [0.2, 0.25) is 5.89 Å². The van der Waals surface area contributed by atoms with Crippen molar-refractivity contribution in [2.24, 2.45) is 4.99 Å². The molecule has 1 heterocycles. The molecule has 0 aliphatic rings. The van der Waals surface area contributed by atoms with Crippen molar-refractivity contribution < 1.29 is 22.1 Å². The van der Waals surface area contributed by atoms with Crippen molar-refractivity contribution in [2.45, 2.75) is 45.5 Å². The Morgan fingerprint density at radius 1 is 1.14 bits per heavy atom. The van der Waals surface area contributed by atoms with Crippen molar-refractivity contribution in [1.82, 2.24) is 20.8 Å². The predicted octanol–water partition coefficient (Wildman–Crippen LogP) is 4.01. The fourth-order valence-corrected chi connectivity index (χ4v) is 2.16. The van der Waals surface area contributed by atoms with Gasteiger partial charge in [0.15, 0.2) is 11.8 Å². The summed E-state index contributed by atoms with van der Waals surface area (Å²) in [6.07, 6.45) is -4.65. The van der Waals surface area contributed by atoms with E-state index in [1.165, 1.54) is 7.05 Å². The molecule has 0 spiro atoms. The number of halogens is 5. The van der Waals surface area contributed by atoms with Gasteiger partial charge >= 0.3 is 6.18 Å². The number of nitrogens with zero attached hydrogens (tertiary/aromatic N) is 3. The maximum Gasteiger partial charge on any atom is 0.416 e. The Morgan fingerprint density at radius 3 is 2.32 bits per heavy atom. The average Bonchev–Trinajstić information content (AvgIpc) is 3.04. The lowest BCUT2D eigenvalue weighted by molar-refractivity contribution is -0.138. The summed E-state index contributed by atoms with van der Waals surface area (Å²) in [5.41, 5.74) is -1.42. The van der Waals surface area contributed by atoms with Crippen LogP contribution in [0.1, 0.15) is 43.6 Å². The molecule has 1 aromatic carbocycles. The van der Waals surface area contributed by atoms with Crippen molar-refractivity contribution in [3.05, 3.63) is 46.9 Å². The van der Waals surface area contributed by atoms with E-state index in [9.17, 15) is 17.6 Å². The van der Waals surface area contributed by atoms with Crippen LogP contribution in [0.2, 0.25) is 0 Å². The van der Waals surface area contributed by atoms with Gasteiger partial charge in [-0.15, -0.1) is 24.0 Å². The molecule has 0 amide bonds. The van der Waals surface area contributed by atoms with Crippen LogP contribution in [0, 0.1) is 5.82 Å². The van der Waals surface area contributed by atoms with Crippen LogP contribution >= 0.6 is 24.0 Å². The number of rotatable bonds is 4. The minimum absolute atomic E-state index is 0. The first-order valence-corrected chi connectivity index (χ1v) is 8.14. The number of aliphatic imine (C=N–C) groups is 1. The van der Waals surface area contributed by atoms with Gasteiger partial charge in [0.1, 0.15) is 5.82 Å². The Balaban J connectivity index is 0.00000392. The van der Waals surface area contributed by atoms with Crippen LogP contribution in [0.4, 0.5) is 17.6 Å². The Morgan fingerprint density at radius 2 is 1.79 bits per heavy atom. The molecule has 11 heteroatoms. The third-order valence-electron chi connectivity index (χ3n) is 3.57. The van der Waals surface area contributed by atoms with E-state index < -0.39 is 17.6 Å². The van der Waals surface area contributed by atoms with Crippen LogP contribution < -0.4 is 10.6 Å². The van der Waals surface area contributed by atoms with Crippen molar-refractivity contribution >= 4 is 29.9 Å². The number of alkyl halides is 3. The quantitative estimate of drug-likeness (QED) is 0.279. The Kier molecular flexibility index (Phi) is 8.20. The molecular formula is C17H22F4IN5O. The summed E-state index contributed by atoms with van der Waals surface area (Å²) in [4.78, 5) is 8.18. The molecular weight excluding hydrogens is 493 g/mol. The second-order valence-corrected chi connectivity index (χ2v) is 6.84. The van der Waals surface area contributed by atoms with Crippen molar-refractivity contribution in [1.29, 1.82) is 0 Å². The largest absolute Gasteiger partial charge is 0.416 e. The fourth-order valence-electron chi connectivity index (χ4n) is 2.16. The van der Waals surface area contributed by atoms with Crippen molar-refractivity contribution in [3.63, 3.8) is 0 Å². The van der Waals surface area contributed by atoms with Crippen molar-refractivity contribution in [2.75, 3.05) is 7.05 Å². The minimum Gasteiger partial charge on any atom is -0.352 e. The third-order valence-corrected chi connectivity index (χ3v) is 3.57. The first-order valence-electron chi connectivity index (χ1n) is 8.14. The van der Waals surface area contributed by atoms with Gasteiger partial charge in [0, 0.05) is 19.0 Å². The van der Waals surface area contributed by atoms with E-state index in [0.717, 1.165) is 12.1 Å². The summed E-state index contributed by atoms with van der Waals surface area (Å²) in [5, 5.41) is 9.49. The molecule has 0 unspecified atom stereocenters. The zero-order chi connectivity index (χ0) is 20.2. The summed E-state index contributed by atoms with van der Waals surface area (Å²) in [6, 6.07) is 2.55. The summed E-state index contributed by atoms with van der Waals surface area (Å²) in [6.45, 7) is 5.78. The molecule has 2 aromatic rings. The monoisotopic (exact) mass is 515 g/mol. The summed E-state index contributed by atoms with van der Waals surface area (Å²) < 4.78 is 57.4. The Bertz CT molecular complexity index is 815. The van der Waals surface area contributed by atoms with E-state index in [1.54, 1.807) is 0 Å². The topological polar surface area (TPSA) is 75.3 Å². The first-order chi connectivity index (χ1) is 12.5. The van der Waals surface area contributed by atoms with Crippen LogP contribution in [0.25, 0.3) is 0 Å². The number of hydrogen-bond donors (Lipinski definition) is 2. The maximum absolute atomic E-state index is 13.2. The average molecular weight is 515 g/mol. The van der Waals surface area contributed by atoms with Crippen LogP contribution in [-0.4, -0.2) is 23.1 Å². The second-order valence-electron chi connectivity index (χ2n) is 6.84. The van der Waals surface area contributed by atoms with E-state index in [0.29, 0.717) is 17.8 Å².